The first-order chi connectivity index (χ1) is 6.81. The monoisotopic (exact) mass is 212 g/mol. The highest BCUT2D eigenvalue weighted by atomic mass is 19.3. The van der Waals surface area contributed by atoms with Crippen LogP contribution in [0, 0.1) is 0 Å². The highest BCUT2D eigenvalue weighted by Crippen LogP contribution is 2.42. The number of rotatable bonds is 0. The van der Waals surface area contributed by atoms with Crippen molar-refractivity contribution in [2.45, 2.75) is 32.1 Å². The first-order valence-electron chi connectivity index (χ1n) is 4.96. The summed E-state index contributed by atoms with van der Waals surface area (Å²) in [5, 5.41) is 0. The minimum absolute atomic E-state index is 0.0231. The number of ether oxygens (including phenoxy) is 1. The molecule has 0 saturated carbocycles. The molecule has 0 amide bonds. The van der Waals surface area contributed by atoms with Gasteiger partial charge in [-0.3, -0.25) is 0 Å². The fourth-order valence-corrected chi connectivity index (χ4v) is 1.65. The lowest BCUT2D eigenvalue weighted by molar-refractivity contribution is -0.0214. The molecule has 2 rings (SSSR count). The van der Waals surface area contributed by atoms with Crippen LogP contribution in [0.5, 0.6) is 5.75 Å². The highest BCUT2D eigenvalue weighted by molar-refractivity contribution is 5.44. The molecule has 0 N–H and O–H groups in total. The molecule has 0 aliphatic carbocycles. The van der Waals surface area contributed by atoms with Crippen molar-refractivity contribution in [3.05, 3.63) is 29.3 Å². The Kier molecular flexibility index (Phi) is 2.04. The van der Waals surface area contributed by atoms with Crippen LogP contribution in [0.2, 0.25) is 0 Å². The summed E-state index contributed by atoms with van der Waals surface area (Å²) in [5.74, 6) is -2.52. The van der Waals surface area contributed by atoms with Crippen molar-refractivity contribution in [2.24, 2.45) is 0 Å². The van der Waals surface area contributed by atoms with Gasteiger partial charge in [0.25, 0.3) is 0 Å². The van der Waals surface area contributed by atoms with Crippen LogP contribution < -0.4 is 4.74 Å². The number of fused-ring (bicyclic) bond motifs is 1. The number of hydrogen-bond acceptors (Lipinski definition) is 1. The molecule has 1 heterocycles. The summed E-state index contributed by atoms with van der Waals surface area (Å²) >= 11 is 0. The molecule has 0 saturated heterocycles. The van der Waals surface area contributed by atoms with E-state index < -0.39 is 12.5 Å². The van der Waals surface area contributed by atoms with Gasteiger partial charge in [0.1, 0.15) is 5.75 Å². The molecule has 0 aromatic heterocycles. The van der Waals surface area contributed by atoms with Gasteiger partial charge in [0.2, 0.25) is 0 Å². The third-order valence-electron chi connectivity index (χ3n) is 2.65. The molecule has 1 aromatic rings. The Bertz CT molecular complexity index is 391. The number of alkyl halides is 2. The molecule has 1 aliphatic heterocycles. The van der Waals surface area contributed by atoms with Crippen LogP contribution in [0.3, 0.4) is 0 Å². The molecule has 0 radical (unpaired) electrons. The molecule has 0 spiro atoms. The minimum Gasteiger partial charge on any atom is -0.486 e. The van der Waals surface area contributed by atoms with E-state index in [0.29, 0.717) is 5.75 Å². The van der Waals surface area contributed by atoms with Crippen molar-refractivity contribution in [3.63, 3.8) is 0 Å². The Morgan fingerprint density at radius 3 is 2.53 bits per heavy atom. The van der Waals surface area contributed by atoms with E-state index in [-0.39, 0.29) is 11.0 Å². The zero-order valence-corrected chi connectivity index (χ0v) is 9.10. The topological polar surface area (TPSA) is 9.23 Å². The van der Waals surface area contributed by atoms with Gasteiger partial charge in [0, 0.05) is 0 Å². The summed E-state index contributed by atoms with van der Waals surface area (Å²) in [5.41, 5.74) is 0.814. The average molecular weight is 212 g/mol. The molecule has 0 bridgehead atoms. The maximum absolute atomic E-state index is 13.4. The van der Waals surface area contributed by atoms with Crippen LogP contribution in [0.1, 0.15) is 31.9 Å². The van der Waals surface area contributed by atoms with E-state index in [1.165, 1.54) is 0 Å². The van der Waals surface area contributed by atoms with Gasteiger partial charge in [-0.15, -0.1) is 0 Å². The SMILES string of the molecule is CC(C)(C)c1ccc2c(c1)C(F)(F)CO2. The van der Waals surface area contributed by atoms with Crippen LogP contribution in [0.4, 0.5) is 8.78 Å². The lowest BCUT2D eigenvalue weighted by Gasteiger charge is -2.20. The second kappa shape index (κ2) is 2.94. The fourth-order valence-electron chi connectivity index (χ4n) is 1.65. The predicted molar refractivity (Wildman–Crippen MR) is 54.5 cm³/mol. The lowest BCUT2D eigenvalue weighted by Crippen LogP contribution is -2.16. The zero-order valence-electron chi connectivity index (χ0n) is 9.10. The first-order valence-corrected chi connectivity index (χ1v) is 4.96. The van der Waals surface area contributed by atoms with E-state index in [1.807, 2.05) is 26.8 Å². The average Bonchev–Trinajstić information content (AvgIpc) is 2.41. The van der Waals surface area contributed by atoms with Gasteiger partial charge in [0.15, 0.2) is 6.61 Å². The van der Waals surface area contributed by atoms with Gasteiger partial charge in [-0.2, -0.15) is 8.78 Å². The van der Waals surface area contributed by atoms with Crippen LogP contribution in [0.25, 0.3) is 0 Å². The van der Waals surface area contributed by atoms with Crippen molar-refractivity contribution < 1.29 is 13.5 Å². The third kappa shape index (κ3) is 1.71. The molecule has 3 heteroatoms. The van der Waals surface area contributed by atoms with Crippen LogP contribution in [-0.2, 0) is 11.3 Å². The Labute approximate surface area is 88.1 Å². The maximum Gasteiger partial charge on any atom is 0.310 e. The van der Waals surface area contributed by atoms with E-state index in [1.54, 1.807) is 12.1 Å². The van der Waals surface area contributed by atoms with Crippen LogP contribution >= 0.6 is 0 Å². The van der Waals surface area contributed by atoms with Gasteiger partial charge in [-0.1, -0.05) is 26.8 Å². The first kappa shape index (κ1) is 10.4. The highest BCUT2D eigenvalue weighted by Gasteiger charge is 2.41. The Balaban J connectivity index is 2.51. The van der Waals surface area contributed by atoms with Crippen molar-refractivity contribution >= 4 is 0 Å². The number of benzene rings is 1. The number of halogens is 2. The van der Waals surface area contributed by atoms with Crippen molar-refractivity contribution in [2.75, 3.05) is 6.61 Å². The Morgan fingerprint density at radius 1 is 1.27 bits per heavy atom. The summed E-state index contributed by atoms with van der Waals surface area (Å²) in [6, 6.07) is 5.04. The standard InChI is InChI=1S/C12H14F2O/c1-11(2,3)8-4-5-10-9(6-8)12(13,14)7-15-10/h4-6H,7H2,1-3H3. The molecule has 82 valence electrons. The molecule has 15 heavy (non-hydrogen) atoms. The molecule has 0 atom stereocenters. The molecular weight excluding hydrogens is 198 g/mol. The van der Waals surface area contributed by atoms with E-state index in [2.05, 4.69) is 0 Å². The van der Waals surface area contributed by atoms with E-state index in [9.17, 15) is 8.78 Å². The van der Waals surface area contributed by atoms with Crippen LogP contribution in [0.15, 0.2) is 18.2 Å². The lowest BCUT2D eigenvalue weighted by atomic mass is 9.85. The quantitative estimate of drug-likeness (QED) is 0.639. The molecule has 1 nitrogen and oxygen atoms in total. The summed E-state index contributed by atoms with van der Waals surface area (Å²) in [6.07, 6.45) is 0. The van der Waals surface area contributed by atoms with E-state index >= 15 is 0 Å². The van der Waals surface area contributed by atoms with Crippen LogP contribution in [-0.4, -0.2) is 6.61 Å². The number of hydrogen-bond donors (Lipinski definition) is 0. The molecule has 0 unspecified atom stereocenters. The van der Waals surface area contributed by atoms with E-state index in [4.69, 9.17) is 4.74 Å². The van der Waals surface area contributed by atoms with Gasteiger partial charge in [0.05, 0.1) is 5.56 Å². The van der Waals surface area contributed by atoms with Crippen molar-refractivity contribution in [1.29, 1.82) is 0 Å². The van der Waals surface area contributed by atoms with E-state index in [0.717, 1.165) is 5.56 Å². The normalized spacial score (nSPS) is 18.5. The second-order valence-electron chi connectivity index (χ2n) is 4.95. The second-order valence-corrected chi connectivity index (χ2v) is 4.95. The summed E-state index contributed by atoms with van der Waals surface area (Å²) < 4.78 is 31.7. The summed E-state index contributed by atoms with van der Waals surface area (Å²) in [6.45, 7) is 5.48. The van der Waals surface area contributed by atoms with Gasteiger partial charge >= 0.3 is 5.92 Å². The molecular formula is C12H14F2O. The Hall–Kier alpha value is -1.12. The largest absolute Gasteiger partial charge is 0.486 e. The Morgan fingerprint density at radius 2 is 1.93 bits per heavy atom. The summed E-state index contributed by atoms with van der Waals surface area (Å²) in [4.78, 5) is 0. The fraction of sp³-hybridized carbons (Fsp3) is 0.500. The smallest absolute Gasteiger partial charge is 0.310 e. The maximum atomic E-state index is 13.4. The zero-order chi connectivity index (χ0) is 11.3. The van der Waals surface area contributed by atoms with Crippen molar-refractivity contribution in [3.8, 4) is 5.75 Å². The predicted octanol–water partition coefficient (Wildman–Crippen LogP) is 3.47. The molecule has 1 aliphatic rings. The third-order valence-corrected chi connectivity index (χ3v) is 2.65. The van der Waals surface area contributed by atoms with Gasteiger partial charge in [-0.25, -0.2) is 0 Å². The van der Waals surface area contributed by atoms with Gasteiger partial charge < -0.3 is 4.74 Å². The molecule has 0 fully saturated rings. The van der Waals surface area contributed by atoms with Crippen molar-refractivity contribution in [1.82, 2.24) is 0 Å². The summed E-state index contributed by atoms with van der Waals surface area (Å²) in [7, 11) is 0. The van der Waals surface area contributed by atoms with Gasteiger partial charge in [-0.05, 0) is 23.1 Å². The molecule has 1 aromatic carbocycles. The minimum atomic E-state index is -2.84.